The van der Waals surface area contributed by atoms with Crippen LogP contribution in [0.3, 0.4) is 0 Å². The summed E-state index contributed by atoms with van der Waals surface area (Å²) in [5, 5.41) is 9.33. The van der Waals surface area contributed by atoms with Gasteiger partial charge in [-0.05, 0) is 6.07 Å². The molecule has 0 bridgehead atoms. The molecule has 0 aliphatic rings. The highest BCUT2D eigenvalue weighted by molar-refractivity contribution is 6.04. The highest BCUT2D eigenvalue weighted by Crippen LogP contribution is 2.11. The van der Waals surface area contributed by atoms with Crippen LogP contribution in [0, 0.1) is 0 Å². The minimum absolute atomic E-state index is 0.0393. The minimum Gasteiger partial charge on any atom is -0.448 e. The van der Waals surface area contributed by atoms with Gasteiger partial charge in [-0.15, -0.1) is 0 Å². The lowest BCUT2D eigenvalue weighted by Crippen LogP contribution is -2.30. The number of hydrogen-bond acceptors (Lipinski definition) is 5. The van der Waals surface area contributed by atoms with Crippen molar-refractivity contribution in [3.8, 4) is 0 Å². The monoisotopic (exact) mass is 276 g/mol. The van der Waals surface area contributed by atoms with E-state index >= 15 is 0 Å². The molecule has 4 N–H and O–H groups in total. The lowest BCUT2D eigenvalue weighted by Gasteiger charge is -2.06. The summed E-state index contributed by atoms with van der Waals surface area (Å²) in [6, 6.07) is 6.63. The van der Waals surface area contributed by atoms with Crippen molar-refractivity contribution >= 4 is 22.8 Å². The molecule has 0 saturated heterocycles. The summed E-state index contributed by atoms with van der Waals surface area (Å²) >= 11 is 0. The van der Waals surface area contributed by atoms with Gasteiger partial charge in [-0.25, -0.2) is 9.89 Å². The zero-order valence-electron chi connectivity index (χ0n) is 10.4. The molecule has 2 amide bonds. The maximum absolute atomic E-state index is 11.9. The van der Waals surface area contributed by atoms with Gasteiger partial charge in [-0.2, -0.15) is 5.10 Å². The molecule has 1 heterocycles. The number of benzene rings is 1. The fourth-order valence-electron chi connectivity index (χ4n) is 1.69. The number of primary amides is 1. The SMILES string of the molecule is NC(=O)OCCNC(=O)c1n[nH]c(=O)c2ccccc12. The average Bonchev–Trinajstić information content (AvgIpc) is 2.44. The van der Waals surface area contributed by atoms with Gasteiger partial charge < -0.3 is 15.8 Å². The molecule has 104 valence electrons. The largest absolute Gasteiger partial charge is 0.448 e. The van der Waals surface area contributed by atoms with Crippen molar-refractivity contribution < 1.29 is 14.3 Å². The highest BCUT2D eigenvalue weighted by atomic mass is 16.5. The van der Waals surface area contributed by atoms with Gasteiger partial charge in [0, 0.05) is 5.39 Å². The third-order valence-electron chi connectivity index (χ3n) is 2.54. The fraction of sp³-hybridized carbons (Fsp3) is 0.167. The number of aromatic nitrogens is 2. The van der Waals surface area contributed by atoms with Crippen molar-refractivity contribution in [3.63, 3.8) is 0 Å². The Hall–Kier alpha value is -2.90. The van der Waals surface area contributed by atoms with Crippen molar-refractivity contribution in [2.45, 2.75) is 0 Å². The molecule has 8 heteroatoms. The molecule has 0 atom stereocenters. The Bertz CT molecular complexity index is 710. The van der Waals surface area contributed by atoms with E-state index in [9.17, 15) is 14.4 Å². The number of rotatable bonds is 4. The average molecular weight is 276 g/mol. The molecule has 0 aliphatic carbocycles. The number of H-pyrrole nitrogens is 1. The predicted octanol–water partition coefficient (Wildman–Crippen LogP) is -0.252. The molecule has 2 rings (SSSR count). The van der Waals surface area contributed by atoms with Gasteiger partial charge in [0.1, 0.15) is 6.61 Å². The zero-order chi connectivity index (χ0) is 14.5. The molecular weight excluding hydrogens is 264 g/mol. The normalized spacial score (nSPS) is 10.2. The zero-order valence-corrected chi connectivity index (χ0v) is 10.4. The number of nitrogens with zero attached hydrogens (tertiary/aromatic N) is 1. The Labute approximate surface area is 112 Å². The molecule has 2 aromatic rings. The van der Waals surface area contributed by atoms with E-state index in [4.69, 9.17) is 5.73 Å². The number of amides is 2. The van der Waals surface area contributed by atoms with E-state index in [0.29, 0.717) is 10.8 Å². The summed E-state index contributed by atoms with van der Waals surface area (Å²) in [5.41, 5.74) is 4.52. The summed E-state index contributed by atoms with van der Waals surface area (Å²) < 4.78 is 4.48. The first kappa shape index (κ1) is 13.5. The molecule has 0 aliphatic heterocycles. The number of nitrogens with two attached hydrogens (primary N) is 1. The Kier molecular flexibility index (Phi) is 3.94. The number of ether oxygens (including phenoxy) is 1. The van der Waals surface area contributed by atoms with E-state index in [0.717, 1.165) is 0 Å². The summed E-state index contributed by atoms with van der Waals surface area (Å²) in [7, 11) is 0. The Morgan fingerprint density at radius 2 is 2.00 bits per heavy atom. The summed E-state index contributed by atoms with van der Waals surface area (Å²) in [5.74, 6) is -0.481. The maximum Gasteiger partial charge on any atom is 0.404 e. The second-order valence-corrected chi connectivity index (χ2v) is 3.87. The molecular formula is C12H12N4O4. The quantitative estimate of drug-likeness (QED) is 0.663. The number of hydrogen-bond donors (Lipinski definition) is 3. The van der Waals surface area contributed by atoms with Gasteiger partial charge in [-0.3, -0.25) is 9.59 Å². The molecule has 1 aromatic carbocycles. The van der Waals surface area contributed by atoms with E-state index in [1.54, 1.807) is 24.3 Å². The number of nitrogens with one attached hydrogen (secondary N) is 2. The summed E-state index contributed by atoms with van der Waals surface area (Å²) in [6.45, 7) is 0.0548. The van der Waals surface area contributed by atoms with Gasteiger partial charge in [0.15, 0.2) is 5.69 Å². The summed E-state index contributed by atoms with van der Waals surface area (Å²) in [4.78, 5) is 33.9. The third-order valence-corrected chi connectivity index (χ3v) is 2.54. The van der Waals surface area contributed by atoms with Crippen LogP contribution in [0.2, 0.25) is 0 Å². The lowest BCUT2D eigenvalue weighted by molar-refractivity contribution is 0.0932. The topological polar surface area (TPSA) is 127 Å². The van der Waals surface area contributed by atoms with Crippen molar-refractivity contribution in [2.75, 3.05) is 13.2 Å². The molecule has 20 heavy (non-hydrogen) atoms. The molecule has 1 aromatic heterocycles. The van der Waals surface area contributed by atoms with Gasteiger partial charge in [0.2, 0.25) is 0 Å². The van der Waals surface area contributed by atoms with Crippen molar-refractivity contribution in [1.29, 1.82) is 0 Å². The molecule has 0 fully saturated rings. The van der Waals surface area contributed by atoms with Gasteiger partial charge >= 0.3 is 6.09 Å². The lowest BCUT2D eigenvalue weighted by atomic mass is 10.1. The summed E-state index contributed by atoms with van der Waals surface area (Å²) in [6.07, 6.45) is -0.910. The smallest absolute Gasteiger partial charge is 0.404 e. The van der Waals surface area contributed by atoms with Crippen molar-refractivity contribution in [3.05, 3.63) is 40.3 Å². The second-order valence-electron chi connectivity index (χ2n) is 3.87. The molecule has 0 radical (unpaired) electrons. The van der Waals surface area contributed by atoms with Gasteiger partial charge in [-0.1, -0.05) is 18.2 Å². The molecule has 0 unspecified atom stereocenters. The number of carbonyl (C=O) groups is 2. The van der Waals surface area contributed by atoms with Gasteiger partial charge in [0.25, 0.3) is 11.5 Å². The van der Waals surface area contributed by atoms with E-state index in [1.807, 2.05) is 0 Å². The van der Waals surface area contributed by atoms with Crippen LogP contribution in [0.4, 0.5) is 4.79 Å². The maximum atomic E-state index is 11.9. The first-order chi connectivity index (χ1) is 9.59. The van der Waals surface area contributed by atoms with Crippen molar-refractivity contribution in [1.82, 2.24) is 15.5 Å². The number of fused-ring (bicyclic) bond motifs is 1. The van der Waals surface area contributed by atoms with Crippen LogP contribution in [-0.4, -0.2) is 35.3 Å². The Morgan fingerprint density at radius 1 is 1.30 bits per heavy atom. The van der Waals surface area contributed by atoms with Crippen LogP contribution >= 0.6 is 0 Å². The first-order valence-corrected chi connectivity index (χ1v) is 5.77. The molecule has 0 spiro atoms. The highest BCUT2D eigenvalue weighted by Gasteiger charge is 2.13. The molecule has 0 saturated carbocycles. The van der Waals surface area contributed by atoms with E-state index in [2.05, 4.69) is 20.3 Å². The predicted molar refractivity (Wildman–Crippen MR) is 70.2 cm³/mol. The second kappa shape index (κ2) is 5.83. The standard InChI is InChI=1S/C12H12N4O4/c13-12(19)20-6-5-14-11(18)9-7-3-1-2-4-8(7)10(17)16-15-9/h1-4H,5-6H2,(H2,13,19)(H,14,18)(H,16,17). The van der Waals surface area contributed by atoms with Crippen LogP contribution in [0.5, 0.6) is 0 Å². The number of aromatic amines is 1. The van der Waals surface area contributed by atoms with Crippen LogP contribution in [-0.2, 0) is 4.74 Å². The van der Waals surface area contributed by atoms with E-state index in [-0.39, 0.29) is 24.4 Å². The van der Waals surface area contributed by atoms with Crippen LogP contribution < -0.4 is 16.6 Å². The Morgan fingerprint density at radius 3 is 2.70 bits per heavy atom. The Balaban J connectivity index is 2.16. The van der Waals surface area contributed by atoms with Crippen LogP contribution in [0.25, 0.3) is 10.8 Å². The molecule has 8 nitrogen and oxygen atoms in total. The van der Waals surface area contributed by atoms with Gasteiger partial charge in [0.05, 0.1) is 11.9 Å². The third kappa shape index (κ3) is 2.91. The first-order valence-electron chi connectivity index (χ1n) is 5.77. The number of carbonyl (C=O) groups excluding carboxylic acids is 2. The van der Waals surface area contributed by atoms with Crippen LogP contribution in [0.1, 0.15) is 10.5 Å². The van der Waals surface area contributed by atoms with Crippen molar-refractivity contribution in [2.24, 2.45) is 5.73 Å². The van der Waals surface area contributed by atoms with Crippen LogP contribution in [0.15, 0.2) is 29.1 Å². The fourth-order valence-corrected chi connectivity index (χ4v) is 1.69. The van der Waals surface area contributed by atoms with E-state index < -0.39 is 12.0 Å². The van der Waals surface area contributed by atoms with E-state index in [1.165, 1.54) is 0 Å². The minimum atomic E-state index is -0.910.